The van der Waals surface area contributed by atoms with Crippen LogP contribution in [0.5, 0.6) is 0 Å². The first-order valence-electron chi connectivity index (χ1n) is 7.45. The molecule has 2 rings (SSSR count). The fourth-order valence-corrected chi connectivity index (χ4v) is 11.1. The zero-order valence-electron chi connectivity index (χ0n) is 13.3. The molecule has 0 radical (unpaired) electrons. The Balaban J connectivity index is 2.79. The van der Waals surface area contributed by atoms with E-state index in [1.54, 1.807) is 0 Å². The van der Waals surface area contributed by atoms with Crippen LogP contribution in [0.1, 0.15) is 41.5 Å². The molecule has 0 amide bonds. The molecule has 0 fully saturated rings. The minimum Gasteiger partial charge on any atom is -0.359 e. The lowest BCUT2D eigenvalue weighted by Gasteiger charge is -2.44. The van der Waals surface area contributed by atoms with E-state index >= 15 is 0 Å². The second-order valence-corrected chi connectivity index (χ2v) is 13.1. The van der Waals surface area contributed by atoms with Crippen LogP contribution in [0.4, 0.5) is 0 Å². The fourth-order valence-electron chi connectivity index (χ4n) is 4.15. The monoisotopic (exact) mass is 352 g/mol. The predicted octanol–water partition coefficient (Wildman–Crippen LogP) is 5.82. The lowest BCUT2D eigenvalue weighted by molar-refractivity contribution is 0.770. The summed E-state index contributed by atoms with van der Waals surface area (Å²) in [6.45, 7) is 14.3. The maximum Gasteiger partial charge on any atom is 0.171 e. The van der Waals surface area contributed by atoms with Crippen molar-refractivity contribution in [2.75, 3.05) is 0 Å². The predicted molar refractivity (Wildman–Crippen MR) is 93.9 cm³/mol. The molecule has 0 spiro atoms. The third-order valence-electron chi connectivity index (χ3n) is 4.73. The molecule has 110 valence electrons. The van der Waals surface area contributed by atoms with Crippen LogP contribution in [0.25, 0.3) is 11.0 Å². The molecule has 2 aromatic rings. The van der Waals surface area contributed by atoms with Gasteiger partial charge >= 0.3 is 0 Å². The molecule has 0 unspecified atom stereocenters. The van der Waals surface area contributed by atoms with Gasteiger partial charge < -0.3 is 4.23 Å². The normalized spacial score (nSPS) is 13.1. The number of rotatable bonds is 4. The van der Waals surface area contributed by atoms with Crippen molar-refractivity contribution in [1.29, 1.82) is 0 Å². The average molecular weight is 353 g/mol. The first kappa shape index (κ1) is 15.8. The zero-order chi connectivity index (χ0) is 15.1. The van der Waals surface area contributed by atoms with E-state index in [0.717, 1.165) is 10.1 Å². The molecule has 0 saturated heterocycles. The number of hydrogen-bond donors (Lipinski definition) is 0. The highest BCUT2D eigenvalue weighted by Crippen LogP contribution is 2.44. The van der Waals surface area contributed by atoms with Crippen molar-refractivity contribution in [3.05, 3.63) is 29.0 Å². The van der Waals surface area contributed by atoms with E-state index in [2.05, 4.69) is 79.0 Å². The number of hydrogen-bond acceptors (Lipinski definition) is 1. The summed E-state index contributed by atoms with van der Waals surface area (Å²) in [6, 6.07) is 4.23. The van der Waals surface area contributed by atoms with Crippen LogP contribution in [0.2, 0.25) is 16.6 Å². The quantitative estimate of drug-likeness (QED) is 0.633. The summed E-state index contributed by atoms with van der Waals surface area (Å²) < 4.78 is 3.69. The van der Waals surface area contributed by atoms with E-state index < -0.39 is 8.24 Å². The van der Waals surface area contributed by atoms with Crippen molar-refractivity contribution in [2.24, 2.45) is 0 Å². The molecule has 0 aliphatic heterocycles. The topological polar surface area (TPSA) is 17.8 Å². The first-order valence-corrected chi connectivity index (χ1v) is 10.4. The van der Waals surface area contributed by atoms with Gasteiger partial charge in [0.05, 0.1) is 0 Å². The van der Waals surface area contributed by atoms with Gasteiger partial charge in [0.15, 0.2) is 8.24 Å². The molecular weight excluding hydrogens is 328 g/mol. The van der Waals surface area contributed by atoms with Gasteiger partial charge in [0, 0.05) is 16.1 Å². The molecular formula is C16H25BrN2Si. The van der Waals surface area contributed by atoms with Gasteiger partial charge in [0.2, 0.25) is 0 Å². The summed E-state index contributed by atoms with van der Waals surface area (Å²) in [7, 11) is -1.71. The SMILES string of the molecule is CC(C)[Si](C(C)C)(C(C)C)n1ccc2c(Br)ccnc21. The Morgan fingerprint density at radius 3 is 2.05 bits per heavy atom. The molecule has 4 heteroatoms. The Kier molecular flexibility index (Phi) is 4.45. The van der Waals surface area contributed by atoms with Crippen molar-refractivity contribution < 1.29 is 0 Å². The summed E-state index contributed by atoms with van der Waals surface area (Å²) in [5.41, 5.74) is 3.18. The third kappa shape index (κ3) is 2.17. The molecule has 2 aromatic heterocycles. The van der Waals surface area contributed by atoms with Crippen LogP contribution in [0.3, 0.4) is 0 Å². The molecule has 0 aliphatic carbocycles. The van der Waals surface area contributed by atoms with Crippen molar-refractivity contribution in [3.8, 4) is 0 Å². The van der Waals surface area contributed by atoms with Crippen molar-refractivity contribution in [3.63, 3.8) is 0 Å². The van der Waals surface area contributed by atoms with E-state index in [0.29, 0.717) is 16.6 Å². The van der Waals surface area contributed by atoms with E-state index in [1.165, 1.54) is 5.39 Å². The van der Waals surface area contributed by atoms with Crippen LogP contribution in [-0.4, -0.2) is 17.5 Å². The Bertz CT molecular complexity index is 580. The van der Waals surface area contributed by atoms with Gasteiger partial charge in [-0.05, 0) is 50.9 Å². The van der Waals surface area contributed by atoms with Crippen LogP contribution < -0.4 is 0 Å². The van der Waals surface area contributed by atoms with E-state index in [9.17, 15) is 0 Å². The van der Waals surface area contributed by atoms with E-state index in [-0.39, 0.29) is 0 Å². The lowest BCUT2D eigenvalue weighted by Crippen LogP contribution is -2.51. The van der Waals surface area contributed by atoms with Gasteiger partial charge in [-0.3, -0.25) is 0 Å². The molecule has 20 heavy (non-hydrogen) atoms. The number of aromatic nitrogens is 2. The summed E-state index contributed by atoms with van der Waals surface area (Å²) in [4.78, 5) is 4.68. The standard InChI is InChI=1S/C16H25BrN2Si/c1-11(2)20(12(3)4,13(5)6)19-10-8-14-15(17)7-9-18-16(14)19/h7-13H,1-6H3. The van der Waals surface area contributed by atoms with Gasteiger partial charge in [-0.2, -0.15) is 0 Å². The van der Waals surface area contributed by atoms with Gasteiger partial charge in [0.1, 0.15) is 5.65 Å². The molecule has 2 heterocycles. The second-order valence-electron chi connectivity index (χ2n) is 6.57. The largest absolute Gasteiger partial charge is 0.359 e. The van der Waals surface area contributed by atoms with E-state index in [4.69, 9.17) is 0 Å². The van der Waals surface area contributed by atoms with Gasteiger partial charge in [-0.1, -0.05) is 41.5 Å². The first-order chi connectivity index (χ1) is 9.33. The van der Waals surface area contributed by atoms with Crippen LogP contribution in [-0.2, 0) is 0 Å². The number of halogens is 1. The maximum atomic E-state index is 4.68. The summed E-state index contributed by atoms with van der Waals surface area (Å²) in [5, 5.41) is 1.23. The highest BCUT2D eigenvalue weighted by atomic mass is 79.9. The summed E-state index contributed by atoms with van der Waals surface area (Å²) in [6.07, 6.45) is 4.18. The Hall–Kier alpha value is -0.613. The highest BCUT2D eigenvalue weighted by molar-refractivity contribution is 9.10. The minimum absolute atomic E-state index is 0.680. The maximum absolute atomic E-state index is 4.68. The smallest absolute Gasteiger partial charge is 0.171 e. The molecule has 0 aromatic carbocycles. The summed E-state index contributed by atoms with van der Waals surface area (Å²) >= 11 is 3.65. The molecule has 0 aliphatic rings. The summed E-state index contributed by atoms with van der Waals surface area (Å²) in [5.74, 6) is 0. The number of nitrogens with zero attached hydrogens (tertiary/aromatic N) is 2. The van der Waals surface area contributed by atoms with Gasteiger partial charge in [-0.25, -0.2) is 4.98 Å². The zero-order valence-corrected chi connectivity index (χ0v) is 15.9. The van der Waals surface area contributed by atoms with Gasteiger partial charge in [-0.15, -0.1) is 0 Å². The molecule has 0 atom stereocenters. The number of pyridine rings is 1. The van der Waals surface area contributed by atoms with Gasteiger partial charge in [0.25, 0.3) is 0 Å². The third-order valence-corrected chi connectivity index (χ3v) is 12.2. The fraction of sp³-hybridized carbons (Fsp3) is 0.562. The average Bonchev–Trinajstić information content (AvgIpc) is 2.74. The molecule has 2 nitrogen and oxygen atoms in total. The van der Waals surface area contributed by atoms with Crippen LogP contribution >= 0.6 is 15.9 Å². The van der Waals surface area contributed by atoms with Crippen molar-refractivity contribution >= 4 is 35.2 Å². The molecule has 0 bridgehead atoms. The van der Waals surface area contributed by atoms with Crippen molar-refractivity contribution in [2.45, 2.75) is 58.2 Å². The highest BCUT2D eigenvalue weighted by Gasteiger charge is 2.45. The molecule has 0 N–H and O–H groups in total. The second kappa shape index (κ2) is 5.64. The van der Waals surface area contributed by atoms with Crippen molar-refractivity contribution in [1.82, 2.24) is 9.22 Å². The minimum atomic E-state index is -1.71. The Labute approximate surface area is 131 Å². The Morgan fingerprint density at radius 1 is 1.00 bits per heavy atom. The number of fused-ring (bicyclic) bond motifs is 1. The Morgan fingerprint density at radius 2 is 1.55 bits per heavy atom. The lowest BCUT2D eigenvalue weighted by atomic mass is 10.3. The van der Waals surface area contributed by atoms with Crippen LogP contribution in [0, 0.1) is 0 Å². The molecule has 0 saturated carbocycles. The van der Waals surface area contributed by atoms with Crippen LogP contribution in [0.15, 0.2) is 29.0 Å². The van der Waals surface area contributed by atoms with E-state index in [1.807, 2.05) is 12.3 Å².